The third kappa shape index (κ3) is 5.01. The molecule has 0 bridgehead atoms. The van der Waals surface area contributed by atoms with Crippen LogP contribution in [0.1, 0.15) is 5.82 Å². The number of carbonyl (C=O) groups excluding carboxylic acids is 1. The highest BCUT2D eigenvalue weighted by Crippen LogP contribution is 2.40. The first-order chi connectivity index (χ1) is 16.5. The summed E-state index contributed by atoms with van der Waals surface area (Å²) in [5, 5.41) is 14.8. The van der Waals surface area contributed by atoms with Crippen molar-refractivity contribution in [1.82, 2.24) is 30.0 Å². The van der Waals surface area contributed by atoms with E-state index in [2.05, 4.69) is 25.7 Å². The van der Waals surface area contributed by atoms with Crippen molar-refractivity contribution in [2.75, 3.05) is 52.8 Å². The summed E-state index contributed by atoms with van der Waals surface area (Å²) in [6, 6.07) is 9.14. The van der Waals surface area contributed by atoms with E-state index in [9.17, 15) is 9.18 Å². The van der Waals surface area contributed by atoms with Crippen LogP contribution < -0.4 is 19.5 Å². The van der Waals surface area contributed by atoms with E-state index in [1.807, 2.05) is 0 Å². The number of piperazine rings is 1. The Balaban J connectivity index is 1.35. The molecule has 3 aromatic rings. The molecule has 1 aliphatic rings. The highest BCUT2D eigenvalue weighted by Gasteiger charge is 2.24. The van der Waals surface area contributed by atoms with Crippen LogP contribution in [0.4, 0.5) is 14.9 Å². The molecule has 4 rings (SSSR count). The Morgan fingerprint density at radius 3 is 2.24 bits per heavy atom. The number of amides is 2. The Bertz CT molecular complexity index is 1110. The van der Waals surface area contributed by atoms with Crippen molar-refractivity contribution in [2.24, 2.45) is 0 Å². The number of hydrogen-bond acceptors (Lipinski definition) is 8. The van der Waals surface area contributed by atoms with Gasteiger partial charge in [-0.2, -0.15) is 4.68 Å². The minimum atomic E-state index is -0.320. The Morgan fingerprint density at radius 2 is 1.65 bits per heavy atom. The zero-order chi connectivity index (χ0) is 24.1. The fraction of sp³-hybridized carbons (Fsp3) is 0.364. The quantitative estimate of drug-likeness (QED) is 0.559. The lowest BCUT2D eigenvalue weighted by molar-refractivity contribution is 0.140. The molecule has 0 saturated carbocycles. The third-order valence-corrected chi connectivity index (χ3v) is 5.55. The topological polar surface area (TPSA) is 107 Å². The Hall–Kier alpha value is -3.93. The fourth-order valence-corrected chi connectivity index (χ4v) is 3.75. The molecule has 1 N–H and O–H groups in total. The molecule has 2 aromatic carbocycles. The SMILES string of the molecule is COc1cc(NC(=O)N2CCN(Cc3nnnn3-c3ccc(F)cc3)CC2)cc(OC)c1OC. The number of halogens is 1. The third-order valence-electron chi connectivity index (χ3n) is 5.55. The van der Waals surface area contributed by atoms with Crippen LogP contribution in [0.3, 0.4) is 0 Å². The first-order valence-corrected chi connectivity index (χ1v) is 10.6. The molecule has 12 heteroatoms. The van der Waals surface area contributed by atoms with Gasteiger partial charge in [-0.25, -0.2) is 9.18 Å². The van der Waals surface area contributed by atoms with E-state index >= 15 is 0 Å². The number of carbonyl (C=O) groups is 1. The largest absolute Gasteiger partial charge is 0.493 e. The Kier molecular flexibility index (Phi) is 7.07. The lowest BCUT2D eigenvalue weighted by Gasteiger charge is -2.34. The number of anilines is 1. The molecule has 1 saturated heterocycles. The molecular formula is C22H26FN7O4. The highest BCUT2D eigenvalue weighted by molar-refractivity contribution is 5.90. The maximum atomic E-state index is 13.2. The van der Waals surface area contributed by atoms with E-state index in [1.165, 1.54) is 33.5 Å². The minimum Gasteiger partial charge on any atom is -0.493 e. The number of methoxy groups -OCH3 is 3. The van der Waals surface area contributed by atoms with Crippen molar-refractivity contribution in [3.63, 3.8) is 0 Å². The normalized spacial score (nSPS) is 14.1. The van der Waals surface area contributed by atoms with Gasteiger partial charge in [0.05, 0.1) is 39.2 Å². The molecule has 0 atom stereocenters. The molecule has 11 nitrogen and oxygen atoms in total. The summed E-state index contributed by atoms with van der Waals surface area (Å²) in [6.07, 6.45) is 0. The van der Waals surface area contributed by atoms with Gasteiger partial charge in [-0.3, -0.25) is 4.90 Å². The van der Waals surface area contributed by atoms with Crippen molar-refractivity contribution in [3.05, 3.63) is 48.0 Å². The molecule has 0 unspecified atom stereocenters. The van der Waals surface area contributed by atoms with Crippen LogP contribution in [0.5, 0.6) is 17.2 Å². The van der Waals surface area contributed by atoms with E-state index in [0.29, 0.717) is 67.2 Å². The van der Waals surface area contributed by atoms with Crippen molar-refractivity contribution in [1.29, 1.82) is 0 Å². The van der Waals surface area contributed by atoms with E-state index in [0.717, 1.165) is 0 Å². The summed E-state index contributed by atoms with van der Waals surface area (Å²) in [4.78, 5) is 16.7. The van der Waals surface area contributed by atoms with Gasteiger partial charge in [-0.1, -0.05) is 0 Å². The number of aromatic nitrogens is 4. The maximum Gasteiger partial charge on any atom is 0.321 e. The molecule has 0 spiro atoms. The smallest absolute Gasteiger partial charge is 0.321 e. The minimum absolute atomic E-state index is 0.218. The van der Waals surface area contributed by atoms with E-state index < -0.39 is 0 Å². The molecule has 2 amide bonds. The summed E-state index contributed by atoms with van der Waals surface area (Å²) in [6.45, 7) is 2.88. The van der Waals surface area contributed by atoms with Gasteiger partial charge >= 0.3 is 6.03 Å². The van der Waals surface area contributed by atoms with Gasteiger partial charge in [0.1, 0.15) is 5.82 Å². The number of urea groups is 1. The predicted molar refractivity (Wildman–Crippen MR) is 121 cm³/mol. The number of benzene rings is 2. The average molecular weight is 471 g/mol. The molecule has 0 radical (unpaired) electrons. The number of tetrazole rings is 1. The second kappa shape index (κ2) is 10.3. The van der Waals surface area contributed by atoms with E-state index in [1.54, 1.807) is 33.8 Å². The second-order valence-electron chi connectivity index (χ2n) is 7.59. The van der Waals surface area contributed by atoms with Crippen LogP contribution in [0.2, 0.25) is 0 Å². The van der Waals surface area contributed by atoms with Crippen molar-refractivity contribution in [2.45, 2.75) is 6.54 Å². The summed E-state index contributed by atoms with van der Waals surface area (Å²) in [5.74, 6) is 1.70. The summed E-state index contributed by atoms with van der Waals surface area (Å²) in [7, 11) is 4.57. The van der Waals surface area contributed by atoms with Gasteiger partial charge < -0.3 is 24.4 Å². The van der Waals surface area contributed by atoms with Gasteiger partial charge in [0.2, 0.25) is 5.75 Å². The molecule has 2 heterocycles. The molecule has 34 heavy (non-hydrogen) atoms. The number of rotatable bonds is 7. The first kappa shape index (κ1) is 23.2. The second-order valence-corrected chi connectivity index (χ2v) is 7.59. The van der Waals surface area contributed by atoms with Crippen LogP contribution in [0, 0.1) is 5.82 Å². The summed E-state index contributed by atoms with van der Waals surface area (Å²) < 4.78 is 30.8. The van der Waals surface area contributed by atoms with Gasteiger partial charge in [-0.15, -0.1) is 5.10 Å². The molecule has 1 aliphatic heterocycles. The zero-order valence-corrected chi connectivity index (χ0v) is 19.2. The summed E-state index contributed by atoms with van der Waals surface area (Å²) >= 11 is 0. The van der Waals surface area contributed by atoms with Crippen molar-refractivity contribution >= 4 is 11.7 Å². The monoisotopic (exact) mass is 471 g/mol. The van der Waals surface area contributed by atoms with E-state index in [-0.39, 0.29) is 11.8 Å². The highest BCUT2D eigenvalue weighted by atomic mass is 19.1. The fourth-order valence-electron chi connectivity index (χ4n) is 3.75. The number of ether oxygens (including phenoxy) is 3. The molecule has 0 aliphatic carbocycles. The number of nitrogens with one attached hydrogen (secondary N) is 1. The first-order valence-electron chi connectivity index (χ1n) is 10.6. The van der Waals surface area contributed by atoms with Crippen LogP contribution in [-0.2, 0) is 6.54 Å². The lowest BCUT2D eigenvalue weighted by atomic mass is 10.2. The number of nitrogens with zero attached hydrogens (tertiary/aromatic N) is 6. The van der Waals surface area contributed by atoms with Gasteiger partial charge in [0.15, 0.2) is 17.3 Å². The summed E-state index contributed by atoms with van der Waals surface area (Å²) in [5.41, 5.74) is 1.23. The predicted octanol–water partition coefficient (Wildman–Crippen LogP) is 2.18. The molecule has 180 valence electrons. The van der Waals surface area contributed by atoms with Crippen molar-refractivity contribution < 1.29 is 23.4 Å². The van der Waals surface area contributed by atoms with Crippen LogP contribution in [0.25, 0.3) is 5.69 Å². The molecule has 1 aromatic heterocycles. The van der Waals surface area contributed by atoms with Crippen molar-refractivity contribution in [3.8, 4) is 22.9 Å². The zero-order valence-electron chi connectivity index (χ0n) is 19.2. The van der Waals surface area contributed by atoms with Gasteiger partial charge in [0, 0.05) is 38.3 Å². The maximum absolute atomic E-state index is 13.2. The molecule has 1 fully saturated rings. The average Bonchev–Trinajstić information content (AvgIpc) is 3.32. The number of hydrogen-bond donors (Lipinski definition) is 1. The van der Waals surface area contributed by atoms with Gasteiger partial charge in [-0.05, 0) is 34.7 Å². The van der Waals surface area contributed by atoms with Crippen LogP contribution >= 0.6 is 0 Å². The van der Waals surface area contributed by atoms with E-state index in [4.69, 9.17) is 14.2 Å². The molecular weight excluding hydrogens is 445 g/mol. The lowest BCUT2D eigenvalue weighted by Crippen LogP contribution is -2.49. The van der Waals surface area contributed by atoms with Gasteiger partial charge in [0.25, 0.3) is 0 Å². The van der Waals surface area contributed by atoms with Crippen LogP contribution in [-0.4, -0.2) is 83.5 Å². The Labute approximate surface area is 196 Å². The van der Waals surface area contributed by atoms with Crippen LogP contribution in [0.15, 0.2) is 36.4 Å². The Morgan fingerprint density at radius 1 is 1.00 bits per heavy atom. The standard InChI is InChI=1S/C22H26FN7O4/c1-32-18-12-16(13-19(33-2)21(18)34-3)24-22(31)29-10-8-28(9-11-29)14-20-25-26-27-30(20)17-6-4-15(23)5-7-17/h4-7,12-13H,8-11,14H2,1-3H3,(H,24,31).